The first-order valence-electron chi connectivity index (χ1n) is 8.45. The van der Waals surface area contributed by atoms with Gasteiger partial charge in [-0.15, -0.1) is 0 Å². The van der Waals surface area contributed by atoms with E-state index in [0.717, 1.165) is 30.5 Å². The highest BCUT2D eigenvalue weighted by atomic mass is 19.1. The standard InChI is InChI=1S/C21H31FN2/c1-8-10-12-20(22)17(5)15-19(16(3)4)18(6)21(7)13-11-14-24(21)23-9-2/h8-10,12,23H,2-3,5,11,13-15H2,1,4,6-7H3/b10-8-,19-18+,20-12+. The molecule has 132 valence electrons. The van der Waals surface area contributed by atoms with Crippen LogP contribution in [0.25, 0.3) is 0 Å². The van der Waals surface area contributed by atoms with Gasteiger partial charge in [0.25, 0.3) is 0 Å². The van der Waals surface area contributed by atoms with Crippen LogP contribution < -0.4 is 5.43 Å². The lowest BCUT2D eigenvalue weighted by Gasteiger charge is -2.37. The minimum Gasteiger partial charge on any atom is -0.326 e. The largest absolute Gasteiger partial charge is 0.326 e. The van der Waals surface area contributed by atoms with Crippen LogP contribution >= 0.6 is 0 Å². The van der Waals surface area contributed by atoms with Gasteiger partial charge in [-0.1, -0.05) is 37.5 Å². The van der Waals surface area contributed by atoms with Gasteiger partial charge in [-0.25, -0.2) is 9.40 Å². The number of nitrogens with zero attached hydrogens (tertiary/aromatic N) is 1. The zero-order chi connectivity index (χ0) is 18.3. The smallest absolute Gasteiger partial charge is 0.126 e. The molecule has 0 aromatic rings. The third kappa shape index (κ3) is 4.57. The average molecular weight is 330 g/mol. The summed E-state index contributed by atoms with van der Waals surface area (Å²) in [5, 5.41) is 2.20. The number of hydrazine groups is 1. The molecule has 0 spiro atoms. The molecule has 0 aromatic carbocycles. The zero-order valence-electron chi connectivity index (χ0n) is 15.6. The highest BCUT2D eigenvalue weighted by molar-refractivity contribution is 5.42. The van der Waals surface area contributed by atoms with Crippen molar-refractivity contribution in [1.29, 1.82) is 0 Å². The van der Waals surface area contributed by atoms with Crippen LogP contribution in [0, 0.1) is 0 Å². The molecule has 0 amide bonds. The van der Waals surface area contributed by atoms with Gasteiger partial charge in [0.05, 0.1) is 5.54 Å². The molecule has 0 bridgehead atoms. The monoisotopic (exact) mass is 330 g/mol. The van der Waals surface area contributed by atoms with E-state index in [9.17, 15) is 4.39 Å². The van der Waals surface area contributed by atoms with E-state index in [4.69, 9.17) is 0 Å². The molecular weight excluding hydrogens is 299 g/mol. The summed E-state index contributed by atoms with van der Waals surface area (Å²) in [6.45, 7) is 20.9. The van der Waals surface area contributed by atoms with Crippen molar-refractivity contribution in [3.63, 3.8) is 0 Å². The Morgan fingerprint density at radius 2 is 2.00 bits per heavy atom. The Kier molecular flexibility index (Phi) is 7.43. The molecule has 24 heavy (non-hydrogen) atoms. The molecule has 0 saturated carbocycles. The van der Waals surface area contributed by atoms with E-state index in [-0.39, 0.29) is 11.4 Å². The van der Waals surface area contributed by atoms with Crippen LogP contribution in [-0.4, -0.2) is 17.1 Å². The second-order valence-corrected chi connectivity index (χ2v) is 6.57. The van der Waals surface area contributed by atoms with Gasteiger partial charge in [-0.3, -0.25) is 0 Å². The maximum absolute atomic E-state index is 14.2. The summed E-state index contributed by atoms with van der Waals surface area (Å²) in [5.74, 6) is -0.280. The summed E-state index contributed by atoms with van der Waals surface area (Å²) in [6, 6.07) is 0. The summed E-state index contributed by atoms with van der Waals surface area (Å²) in [5.41, 5.74) is 6.82. The molecule has 1 saturated heterocycles. The van der Waals surface area contributed by atoms with Crippen LogP contribution in [0.5, 0.6) is 0 Å². The molecule has 1 N–H and O–H groups in total. The molecule has 3 heteroatoms. The third-order valence-corrected chi connectivity index (χ3v) is 4.83. The van der Waals surface area contributed by atoms with Gasteiger partial charge in [-0.2, -0.15) is 0 Å². The zero-order valence-corrected chi connectivity index (χ0v) is 15.6. The minimum atomic E-state index is -0.280. The SMILES string of the molecule is C=CNN1CCCC1(C)/C(C)=C(\CC(=C)/C(F)=C\C=C/C)C(=C)C. The first-order chi connectivity index (χ1) is 11.3. The molecule has 0 aliphatic carbocycles. The lowest BCUT2D eigenvalue weighted by molar-refractivity contribution is 0.145. The summed E-state index contributed by atoms with van der Waals surface area (Å²) in [4.78, 5) is 0. The lowest BCUT2D eigenvalue weighted by atomic mass is 9.83. The van der Waals surface area contributed by atoms with Crippen molar-refractivity contribution < 1.29 is 4.39 Å². The van der Waals surface area contributed by atoms with Gasteiger partial charge in [0, 0.05) is 12.7 Å². The lowest BCUT2D eigenvalue weighted by Crippen LogP contribution is -2.48. The first-order valence-corrected chi connectivity index (χ1v) is 8.45. The van der Waals surface area contributed by atoms with Crippen molar-refractivity contribution in [2.75, 3.05) is 6.54 Å². The quantitative estimate of drug-likeness (QED) is 0.569. The molecule has 0 aromatic heterocycles. The van der Waals surface area contributed by atoms with Crippen LogP contribution in [0.1, 0.15) is 47.0 Å². The van der Waals surface area contributed by atoms with E-state index in [0.29, 0.717) is 12.0 Å². The molecule has 1 unspecified atom stereocenters. The fourth-order valence-corrected chi connectivity index (χ4v) is 3.20. The van der Waals surface area contributed by atoms with Crippen molar-refractivity contribution >= 4 is 0 Å². The third-order valence-electron chi connectivity index (χ3n) is 4.83. The summed E-state index contributed by atoms with van der Waals surface area (Å²) in [7, 11) is 0. The van der Waals surface area contributed by atoms with E-state index in [1.54, 1.807) is 18.4 Å². The maximum atomic E-state index is 14.2. The van der Waals surface area contributed by atoms with Gasteiger partial charge < -0.3 is 5.43 Å². The Bertz CT molecular complexity index is 595. The van der Waals surface area contributed by atoms with Gasteiger partial charge in [0.2, 0.25) is 0 Å². The van der Waals surface area contributed by atoms with E-state index in [1.165, 1.54) is 11.6 Å². The Morgan fingerprint density at radius 1 is 1.33 bits per heavy atom. The van der Waals surface area contributed by atoms with Crippen molar-refractivity contribution in [3.8, 4) is 0 Å². The Hall–Kier alpha value is -1.87. The van der Waals surface area contributed by atoms with Crippen molar-refractivity contribution in [3.05, 3.63) is 72.3 Å². The second kappa shape index (κ2) is 8.84. The maximum Gasteiger partial charge on any atom is 0.126 e. The van der Waals surface area contributed by atoms with E-state index >= 15 is 0 Å². The average Bonchev–Trinajstić information content (AvgIpc) is 2.91. The topological polar surface area (TPSA) is 15.3 Å². The molecular formula is C21H31FN2. The predicted molar refractivity (Wildman–Crippen MR) is 103 cm³/mol. The molecule has 1 rings (SSSR count). The minimum absolute atomic E-state index is 0.133. The fourth-order valence-electron chi connectivity index (χ4n) is 3.20. The van der Waals surface area contributed by atoms with Crippen LogP contribution in [-0.2, 0) is 0 Å². The number of nitrogens with one attached hydrogen (secondary N) is 1. The van der Waals surface area contributed by atoms with E-state index in [1.807, 2.05) is 13.8 Å². The number of allylic oxidation sites excluding steroid dienone is 7. The van der Waals surface area contributed by atoms with Crippen molar-refractivity contribution in [2.24, 2.45) is 0 Å². The molecule has 1 aliphatic rings. The van der Waals surface area contributed by atoms with Crippen LogP contribution in [0.4, 0.5) is 4.39 Å². The van der Waals surface area contributed by atoms with Gasteiger partial charge >= 0.3 is 0 Å². The van der Waals surface area contributed by atoms with Crippen LogP contribution in [0.15, 0.2) is 72.3 Å². The molecule has 1 aliphatic heterocycles. The summed E-state index contributed by atoms with van der Waals surface area (Å²) >= 11 is 0. The van der Waals surface area contributed by atoms with E-state index < -0.39 is 0 Å². The molecule has 1 heterocycles. The fraction of sp³-hybridized carbons (Fsp3) is 0.429. The summed E-state index contributed by atoms with van der Waals surface area (Å²) in [6.07, 6.45) is 9.26. The number of hydrogen-bond donors (Lipinski definition) is 1. The van der Waals surface area contributed by atoms with Gasteiger partial charge in [0.15, 0.2) is 0 Å². The number of halogens is 1. The van der Waals surface area contributed by atoms with Crippen LogP contribution in [0.2, 0.25) is 0 Å². The van der Waals surface area contributed by atoms with Crippen molar-refractivity contribution in [1.82, 2.24) is 10.4 Å². The highest BCUT2D eigenvalue weighted by Gasteiger charge is 2.39. The first kappa shape index (κ1) is 20.2. The second-order valence-electron chi connectivity index (χ2n) is 6.57. The van der Waals surface area contributed by atoms with Crippen LogP contribution in [0.3, 0.4) is 0 Å². The Labute approximate surface area is 146 Å². The number of hydrogen-bond acceptors (Lipinski definition) is 2. The van der Waals surface area contributed by atoms with Gasteiger partial charge in [-0.05, 0) is 69.8 Å². The number of rotatable bonds is 8. The van der Waals surface area contributed by atoms with Crippen molar-refractivity contribution in [2.45, 2.75) is 52.5 Å². The Balaban J connectivity index is 3.17. The molecule has 0 radical (unpaired) electrons. The predicted octanol–water partition coefficient (Wildman–Crippen LogP) is 5.76. The van der Waals surface area contributed by atoms with Gasteiger partial charge in [0.1, 0.15) is 5.83 Å². The normalized spacial score (nSPS) is 23.3. The highest BCUT2D eigenvalue weighted by Crippen LogP contribution is 2.38. The molecule has 1 atom stereocenters. The Morgan fingerprint density at radius 3 is 2.54 bits per heavy atom. The van der Waals surface area contributed by atoms with E-state index in [2.05, 4.69) is 44.0 Å². The molecule has 2 nitrogen and oxygen atoms in total. The summed E-state index contributed by atoms with van der Waals surface area (Å²) < 4.78 is 14.2. The molecule has 1 fully saturated rings.